The van der Waals surface area contributed by atoms with Crippen LogP contribution in [0, 0.1) is 17.1 Å². The van der Waals surface area contributed by atoms with Crippen molar-refractivity contribution in [1.82, 2.24) is 24.2 Å². The van der Waals surface area contributed by atoms with E-state index in [1.807, 2.05) is 6.07 Å². The summed E-state index contributed by atoms with van der Waals surface area (Å²) in [6.07, 6.45) is -3.70. The molecule has 8 nitrogen and oxygen atoms in total. The second-order valence-electron chi connectivity index (χ2n) is 8.39. The maximum absolute atomic E-state index is 13.5. The molecule has 3 heterocycles. The fraction of sp³-hybridized carbons (Fsp3) is 0.364. The third-order valence-corrected chi connectivity index (χ3v) is 5.90. The van der Waals surface area contributed by atoms with Crippen LogP contribution in [-0.4, -0.2) is 48.0 Å². The van der Waals surface area contributed by atoms with E-state index in [0.717, 1.165) is 6.07 Å². The molecule has 1 N–H and O–H groups in total. The zero-order valence-corrected chi connectivity index (χ0v) is 18.4. The summed E-state index contributed by atoms with van der Waals surface area (Å²) in [6, 6.07) is 6.46. The van der Waals surface area contributed by atoms with E-state index >= 15 is 0 Å². The van der Waals surface area contributed by atoms with E-state index < -0.39 is 35.4 Å². The monoisotopic (exact) mass is 476 g/mol. The number of nitrogens with zero attached hydrogens (tertiary/aromatic N) is 6. The van der Waals surface area contributed by atoms with Crippen LogP contribution >= 0.6 is 0 Å². The number of amides is 1. The van der Waals surface area contributed by atoms with E-state index in [9.17, 15) is 32.7 Å². The number of carbonyl (C=O) groups is 1. The summed E-state index contributed by atoms with van der Waals surface area (Å²) in [5, 5.41) is 23.7. The van der Waals surface area contributed by atoms with Crippen molar-refractivity contribution >= 4 is 5.91 Å². The number of benzene rings is 1. The van der Waals surface area contributed by atoms with E-state index in [1.165, 1.54) is 38.5 Å². The van der Waals surface area contributed by atoms with Gasteiger partial charge in [0.25, 0.3) is 5.91 Å². The number of imidazole rings is 1. The van der Waals surface area contributed by atoms with Crippen molar-refractivity contribution in [2.75, 3.05) is 6.54 Å². The van der Waals surface area contributed by atoms with Crippen molar-refractivity contribution in [3.63, 3.8) is 0 Å². The summed E-state index contributed by atoms with van der Waals surface area (Å²) in [5.41, 5.74) is -1.87. The fourth-order valence-corrected chi connectivity index (χ4v) is 4.10. The van der Waals surface area contributed by atoms with Gasteiger partial charge in [0.2, 0.25) is 5.60 Å². The number of hydrogen-bond acceptors (Lipinski definition) is 5. The smallest absolute Gasteiger partial charge is 0.374 e. The van der Waals surface area contributed by atoms with Crippen LogP contribution in [0.15, 0.2) is 30.5 Å². The van der Waals surface area contributed by atoms with E-state index in [2.05, 4.69) is 10.1 Å². The van der Waals surface area contributed by atoms with Gasteiger partial charge in [-0.3, -0.25) is 9.48 Å². The third kappa shape index (κ3) is 3.71. The van der Waals surface area contributed by atoms with Crippen LogP contribution in [0.1, 0.15) is 47.5 Å². The molecule has 0 aliphatic carbocycles. The molecule has 1 aliphatic heterocycles. The molecule has 3 aromatic rings. The molecular formula is C22H20F4N6O2. The van der Waals surface area contributed by atoms with Gasteiger partial charge in [0.05, 0.1) is 41.8 Å². The second-order valence-corrected chi connectivity index (χ2v) is 8.39. The standard InChI is InChI=1S/C22H20F4N6O2/c1-12-10-31(11-15-9-28-20(32(12)15)21(2,34)22(24,25)26)19(33)18-7-17(29-30(18)3)16-5-4-14(23)6-13(16)8-27/h4-7,9,12,34H,10-11H2,1-3H3/t12-,21?/m0/s1. The van der Waals surface area contributed by atoms with Crippen molar-refractivity contribution in [2.45, 2.75) is 38.2 Å². The van der Waals surface area contributed by atoms with Gasteiger partial charge in [-0.25, -0.2) is 9.37 Å². The minimum Gasteiger partial charge on any atom is -0.374 e. The number of hydrogen-bond donors (Lipinski definition) is 1. The van der Waals surface area contributed by atoms with Crippen LogP contribution in [0.3, 0.4) is 0 Å². The quantitative estimate of drug-likeness (QED) is 0.585. The van der Waals surface area contributed by atoms with Crippen molar-refractivity contribution in [1.29, 1.82) is 5.26 Å². The predicted molar refractivity (Wildman–Crippen MR) is 111 cm³/mol. The topological polar surface area (TPSA) is 100.0 Å². The number of rotatable bonds is 3. The largest absolute Gasteiger partial charge is 0.424 e. The molecule has 1 aliphatic rings. The third-order valence-electron chi connectivity index (χ3n) is 5.90. The van der Waals surface area contributed by atoms with Gasteiger partial charge in [-0.2, -0.15) is 23.5 Å². The Labute approximate surface area is 191 Å². The molecule has 0 saturated heterocycles. The molecule has 0 spiro atoms. The summed E-state index contributed by atoms with van der Waals surface area (Å²) in [6.45, 7) is 2.33. The molecule has 12 heteroatoms. The van der Waals surface area contributed by atoms with Crippen LogP contribution < -0.4 is 0 Å². The molecule has 0 saturated carbocycles. The van der Waals surface area contributed by atoms with Gasteiger partial charge in [-0.1, -0.05) is 0 Å². The maximum Gasteiger partial charge on any atom is 0.424 e. The number of halogens is 4. The summed E-state index contributed by atoms with van der Waals surface area (Å²) in [4.78, 5) is 18.5. The molecule has 34 heavy (non-hydrogen) atoms. The van der Waals surface area contributed by atoms with Gasteiger partial charge < -0.3 is 14.6 Å². The van der Waals surface area contributed by atoms with E-state index in [4.69, 9.17) is 0 Å². The zero-order valence-electron chi connectivity index (χ0n) is 18.4. The number of fused-ring (bicyclic) bond motifs is 1. The average molecular weight is 476 g/mol. The van der Waals surface area contributed by atoms with Gasteiger partial charge in [-0.05, 0) is 38.1 Å². The Hall–Kier alpha value is -3.72. The molecule has 2 atom stereocenters. The van der Waals surface area contributed by atoms with Crippen LogP contribution in [0.2, 0.25) is 0 Å². The van der Waals surface area contributed by atoms with Crippen molar-refractivity contribution < 1.29 is 27.5 Å². The van der Waals surface area contributed by atoms with Crippen LogP contribution in [0.5, 0.6) is 0 Å². The van der Waals surface area contributed by atoms with E-state index in [1.54, 1.807) is 14.0 Å². The van der Waals surface area contributed by atoms with Crippen molar-refractivity contribution in [2.24, 2.45) is 7.05 Å². The van der Waals surface area contributed by atoms with Crippen LogP contribution in [0.25, 0.3) is 11.3 Å². The summed E-state index contributed by atoms with van der Waals surface area (Å²) in [5.74, 6) is -1.53. The lowest BCUT2D eigenvalue weighted by Crippen LogP contribution is -2.45. The molecule has 0 bridgehead atoms. The summed E-state index contributed by atoms with van der Waals surface area (Å²) in [7, 11) is 1.54. The molecule has 0 radical (unpaired) electrons. The first-order valence-corrected chi connectivity index (χ1v) is 10.2. The molecule has 1 amide bonds. The zero-order chi connectivity index (χ0) is 25.0. The predicted octanol–water partition coefficient (Wildman–Crippen LogP) is 3.28. The first-order valence-electron chi connectivity index (χ1n) is 10.2. The molecule has 1 aromatic carbocycles. The van der Waals surface area contributed by atoms with Crippen LogP contribution in [0.4, 0.5) is 17.6 Å². The SMILES string of the molecule is C[C@H]1CN(C(=O)c2cc(-c3ccc(F)cc3C#N)nn2C)Cc2cnc(C(C)(O)C(F)(F)F)n21. The Morgan fingerprint density at radius 3 is 2.65 bits per heavy atom. The first-order chi connectivity index (χ1) is 15.8. The number of nitriles is 1. The van der Waals surface area contributed by atoms with Gasteiger partial charge in [0, 0.05) is 19.2 Å². The number of aryl methyl sites for hydroxylation is 1. The number of aromatic nitrogens is 4. The van der Waals surface area contributed by atoms with Crippen molar-refractivity contribution in [3.05, 3.63) is 59.1 Å². The number of alkyl halides is 3. The Balaban J connectivity index is 1.64. The molecular weight excluding hydrogens is 456 g/mol. The van der Waals surface area contributed by atoms with Gasteiger partial charge in [0.1, 0.15) is 11.5 Å². The molecule has 1 unspecified atom stereocenters. The highest BCUT2D eigenvalue weighted by molar-refractivity contribution is 5.94. The van der Waals surface area contributed by atoms with E-state index in [0.29, 0.717) is 23.9 Å². The van der Waals surface area contributed by atoms with Crippen molar-refractivity contribution in [3.8, 4) is 17.3 Å². The Bertz CT molecular complexity index is 1320. The Morgan fingerprint density at radius 1 is 1.29 bits per heavy atom. The lowest BCUT2D eigenvalue weighted by molar-refractivity contribution is -0.263. The average Bonchev–Trinajstić information content (AvgIpc) is 3.36. The minimum absolute atomic E-state index is 0.0232. The number of aliphatic hydroxyl groups is 1. The molecule has 178 valence electrons. The highest BCUT2D eigenvalue weighted by Crippen LogP contribution is 2.40. The lowest BCUT2D eigenvalue weighted by atomic mass is 10.0. The van der Waals surface area contributed by atoms with Crippen LogP contribution in [-0.2, 0) is 19.2 Å². The Kier molecular flexibility index (Phi) is 5.48. The van der Waals surface area contributed by atoms with E-state index in [-0.39, 0.29) is 24.3 Å². The van der Waals surface area contributed by atoms with Gasteiger partial charge in [0.15, 0.2) is 5.82 Å². The molecule has 0 fully saturated rings. The van der Waals surface area contributed by atoms with Gasteiger partial charge in [-0.15, -0.1) is 0 Å². The highest BCUT2D eigenvalue weighted by Gasteiger charge is 2.55. The Morgan fingerprint density at radius 2 is 2.00 bits per heavy atom. The second kappa shape index (κ2) is 7.95. The number of carbonyl (C=O) groups excluding carboxylic acids is 1. The maximum atomic E-state index is 13.5. The normalized spacial score (nSPS) is 17.7. The minimum atomic E-state index is -4.92. The fourth-order valence-electron chi connectivity index (χ4n) is 4.10. The molecule has 2 aromatic heterocycles. The summed E-state index contributed by atoms with van der Waals surface area (Å²) >= 11 is 0. The first kappa shape index (κ1) is 23.4. The van der Waals surface area contributed by atoms with Gasteiger partial charge >= 0.3 is 6.18 Å². The highest BCUT2D eigenvalue weighted by atomic mass is 19.4. The summed E-state index contributed by atoms with van der Waals surface area (Å²) < 4.78 is 56.2. The lowest BCUT2D eigenvalue weighted by Gasteiger charge is -2.36. The molecule has 4 rings (SSSR count).